The van der Waals surface area contributed by atoms with Crippen molar-refractivity contribution in [3.8, 4) is 0 Å². The van der Waals surface area contributed by atoms with Crippen molar-refractivity contribution >= 4 is 31.9 Å². The summed E-state index contributed by atoms with van der Waals surface area (Å²) in [6, 6.07) is 9.57. The van der Waals surface area contributed by atoms with Crippen LogP contribution in [0.1, 0.15) is 30.5 Å². The maximum absolute atomic E-state index is 14.4. The lowest BCUT2D eigenvalue weighted by Crippen LogP contribution is -2.25. The predicted molar refractivity (Wildman–Crippen MR) is 88.3 cm³/mol. The second-order valence-corrected chi connectivity index (χ2v) is 6.37. The lowest BCUT2D eigenvalue weighted by atomic mass is 9.97. The van der Waals surface area contributed by atoms with Gasteiger partial charge in [0.15, 0.2) is 0 Å². The molecule has 0 fully saturated rings. The second kappa shape index (κ2) is 7.47. The van der Waals surface area contributed by atoms with Crippen LogP contribution < -0.4 is 5.32 Å². The van der Waals surface area contributed by atoms with Crippen LogP contribution in [0, 0.1) is 11.6 Å². The molecule has 0 bridgehead atoms. The van der Waals surface area contributed by atoms with Crippen LogP contribution in [0.3, 0.4) is 0 Å². The van der Waals surface area contributed by atoms with Gasteiger partial charge >= 0.3 is 0 Å². The molecule has 0 amide bonds. The van der Waals surface area contributed by atoms with E-state index < -0.39 is 17.7 Å². The Balaban J connectivity index is 2.56. The smallest absolute Gasteiger partial charge is 0.145 e. The van der Waals surface area contributed by atoms with Gasteiger partial charge in [-0.25, -0.2) is 8.78 Å². The lowest BCUT2D eigenvalue weighted by molar-refractivity contribution is 0.499. The summed E-state index contributed by atoms with van der Waals surface area (Å²) in [5.41, 5.74) is 0.839. The standard InChI is InChI=1S/C16H15Br2F2N/c1-2-9-21-16(10-5-3-4-6-11(10)17)14-13(19)8-7-12(18)15(14)20/h3-8,16,21H,2,9H2,1H3. The summed E-state index contributed by atoms with van der Waals surface area (Å²) >= 11 is 6.58. The average molecular weight is 419 g/mol. The van der Waals surface area contributed by atoms with Gasteiger partial charge < -0.3 is 5.32 Å². The molecule has 2 rings (SSSR count). The van der Waals surface area contributed by atoms with E-state index in [1.807, 2.05) is 31.2 Å². The summed E-state index contributed by atoms with van der Waals surface area (Å²) in [6.07, 6.45) is 0.873. The van der Waals surface area contributed by atoms with Crippen molar-refractivity contribution in [2.75, 3.05) is 6.54 Å². The summed E-state index contributed by atoms with van der Waals surface area (Å²) in [5.74, 6) is -1.13. The number of benzene rings is 2. The van der Waals surface area contributed by atoms with Gasteiger partial charge in [0.2, 0.25) is 0 Å². The zero-order chi connectivity index (χ0) is 15.4. The van der Waals surface area contributed by atoms with Crippen LogP contribution in [0.2, 0.25) is 0 Å². The van der Waals surface area contributed by atoms with Crippen LogP contribution in [-0.2, 0) is 0 Å². The van der Waals surface area contributed by atoms with Crippen molar-refractivity contribution in [3.63, 3.8) is 0 Å². The molecule has 2 aromatic carbocycles. The Kier molecular flexibility index (Phi) is 5.90. The number of hydrogen-bond acceptors (Lipinski definition) is 1. The highest BCUT2D eigenvalue weighted by Crippen LogP contribution is 2.34. The van der Waals surface area contributed by atoms with Crippen LogP contribution >= 0.6 is 31.9 Å². The largest absolute Gasteiger partial charge is 0.306 e. The molecule has 0 spiro atoms. The average Bonchev–Trinajstić information content (AvgIpc) is 2.47. The molecule has 0 saturated carbocycles. The van der Waals surface area contributed by atoms with Gasteiger partial charge in [-0.3, -0.25) is 0 Å². The quantitative estimate of drug-likeness (QED) is 0.625. The third-order valence-corrected chi connectivity index (χ3v) is 4.52. The molecule has 21 heavy (non-hydrogen) atoms. The summed E-state index contributed by atoms with van der Waals surface area (Å²) in [7, 11) is 0. The van der Waals surface area contributed by atoms with E-state index in [0.29, 0.717) is 6.54 Å². The Bertz CT molecular complexity index is 632. The third-order valence-electron chi connectivity index (χ3n) is 3.18. The van der Waals surface area contributed by atoms with E-state index in [0.717, 1.165) is 16.5 Å². The highest BCUT2D eigenvalue weighted by atomic mass is 79.9. The second-order valence-electron chi connectivity index (χ2n) is 4.67. The van der Waals surface area contributed by atoms with Gasteiger partial charge in [-0.15, -0.1) is 0 Å². The fourth-order valence-electron chi connectivity index (χ4n) is 2.17. The SMILES string of the molecule is CCCNC(c1ccccc1Br)c1c(F)ccc(Br)c1F. The normalized spacial score (nSPS) is 12.4. The fourth-order valence-corrected chi connectivity index (χ4v) is 3.03. The molecular formula is C16H15Br2F2N. The third kappa shape index (κ3) is 3.71. The van der Waals surface area contributed by atoms with Crippen molar-refractivity contribution in [2.45, 2.75) is 19.4 Å². The highest BCUT2D eigenvalue weighted by Gasteiger charge is 2.24. The summed E-state index contributed by atoms with van der Waals surface area (Å²) in [4.78, 5) is 0. The van der Waals surface area contributed by atoms with Gasteiger partial charge in [-0.1, -0.05) is 41.1 Å². The van der Waals surface area contributed by atoms with Crippen LogP contribution in [0.25, 0.3) is 0 Å². The summed E-state index contributed by atoms with van der Waals surface area (Å²) in [5, 5.41) is 3.22. The van der Waals surface area contributed by atoms with E-state index in [9.17, 15) is 8.78 Å². The van der Waals surface area contributed by atoms with Gasteiger partial charge in [0.05, 0.1) is 10.5 Å². The minimum absolute atomic E-state index is 0.0322. The Morgan fingerprint density at radius 1 is 1.05 bits per heavy atom. The first-order valence-electron chi connectivity index (χ1n) is 6.67. The number of halogens is 4. The van der Waals surface area contributed by atoms with Crippen molar-refractivity contribution < 1.29 is 8.78 Å². The molecule has 0 aliphatic rings. The molecule has 2 aromatic rings. The monoisotopic (exact) mass is 417 g/mol. The van der Waals surface area contributed by atoms with Crippen LogP contribution in [0.5, 0.6) is 0 Å². The molecule has 0 aromatic heterocycles. The first-order valence-corrected chi connectivity index (χ1v) is 8.26. The first-order chi connectivity index (χ1) is 10.1. The first kappa shape index (κ1) is 16.6. The highest BCUT2D eigenvalue weighted by molar-refractivity contribution is 9.10. The summed E-state index contributed by atoms with van der Waals surface area (Å²) in [6.45, 7) is 2.68. The molecule has 112 valence electrons. The maximum Gasteiger partial charge on any atom is 0.145 e. The zero-order valence-corrected chi connectivity index (χ0v) is 14.6. The lowest BCUT2D eigenvalue weighted by Gasteiger charge is -2.22. The van der Waals surface area contributed by atoms with Gasteiger partial charge in [0, 0.05) is 10.0 Å². The van der Waals surface area contributed by atoms with E-state index in [4.69, 9.17) is 0 Å². The number of hydrogen-bond donors (Lipinski definition) is 1. The Morgan fingerprint density at radius 2 is 1.76 bits per heavy atom. The Morgan fingerprint density at radius 3 is 2.43 bits per heavy atom. The summed E-state index contributed by atoms with van der Waals surface area (Å²) < 4.78 is 29.7. The van der Waals surface area contributed by atoms with Crippen LogP contribution in [0.15, 0.2) is 45.3 Å². The van der Waals surface area contributed by atoms with E-state index >= 15 is 0 Å². The molecule has 0 aliphatic heterocycles. The van der Waals surface area contributed by atoms with Crippen LogP contribution in [0.4, 0.5) is 8.78 Å². The minimum atomic E-state index is -0.570. The molecule has 1 unspecified atom stereocenters. The molecular weight excluding hydrogens is 404 g/mol. The van der Waals surface area contributed by atoms with E-state index in [-0.39, 0.29) is 10.0 Å². The molecule has 1 nitrogen and oxygen atoms in total. The maximum atomic E-state index is 14.4. The molecule has 1 atom stereocenters. The molecule has 0 heterocycles. The number of nitrogens with one attached hydrogen (secondary N) is 1. The predicted octanol–water partition coefficient (Wildman–Crippen LogP) is 5.58. The van der Waals surface area contributed by atoms with Gasteiger partial charge in [0.25, 0.3) is 0 Å². The van der Waals surface area contributed by atoms with Crippen molar-refractivity contribution in [1.82, 2.24) is 5.32 Å². The number of rotatable bonds is 5. The van der Waals surface area contributed by atoms with Gasteiger partial charge in [-0.2, -0.15) is 0 Å². The van der Waals surface area contributed by atoms with Crippen LogP contribution in [-0.4, -0.2) is 6.54 Å². The van der Waals surface area contributed by atoms with E-state index in [1.54, 1.807) is 0 Å². The van der Waals surface area contributed by atoms with Gasteiger partial charge in [0.1, 0.15) is 11.6 Å². The molecule has 0 saturated heterocycles. The minimum Gasteiger partial charge on any atom is -0.306 e. The molecule has 0 radical (unpaired) electrons. The van der Waals surface area contributed by atoms with Crippen molar-refractivity contribution in [3.05, 3.63) is 68.1 Å². The Hall–Kier alpha value is -0.780. The van der Waals surface area contributed by atoms with E-state index in [2.05, 4.69) is 37.2 Å². The molecule has 1 N–H and O–H groups in total. The van der Waals surface area contributed by atoms with Crippen molar-refractivity contribution in [2.24, 2.45) is 0 Å². The molecule has 5 heteroatoms. The molecule has 0 aliphatic carbocycles. The zero-order valence-electron chi connectivity index (χ0n) is 11.5. The Labute approximate surface area is 140 Å². The van der Waals surface area contributed by atoms with Crippen molar-refractivity contribution in [1.29, 1.82) is 0 Å². The fraction of sp³-hybridized carbons (Fsp3) is 0.250. The van der Waals surface area contributed by atoms with Gasteiger partial charge in [-0.05, 0) is 52.7 Å². The topological polar surface area (TPSA) is 12.0 Å². The van der Waals surface area contributed by atoms with E-state index in [1.165, 1.54) is 12.1 Å².